The maximum atomic E-state index is 14.0. The Balaban J connectivity index is 1.59. The fraction of sp³-hybridized carbons (Fsp3) is 0.476. The molecule has 0 radical (unpaired) electrons. The molecule has 2 heterocycles. The van der Waals surface area contributed by atoms with Gasteiger partial charge in [-0.1, -0.05) is 11.6 Å². The van der Waals surface area contributed by atoms with Crippen molar-refractivity contribution < 1.29 is 32.2 Å². The summed E-state index contributed by atoms with van der Waals surface area (Å²) in [5.41, 5.74) is -0.959. The Labute approximate surface area is 203 Å². The second kappa shape index (κ2) is 12.2. The summed E-state index contributed by atoms with van der Waals surface area (Å²) in [6.07, 6.45) is 4.19. The van der Waals surface area contributed by atoms with E-state index in [1.54, 1.807) is 0 Å². The number of hydrogen-bond acceptors (Lipinski definition) is 7. The quantitative estimate of drug-likeness (QED) is 0.206. The summed E-state index contributed by atoms with van der Waals surface area (Å²) < 4.78 is 55.6. The first-order chi connectivity index (χ1) is 16.3. The van der Waals surface area contributed by atoms with E-state index in [1.807, 2.05) is 0 Å². The summed E-state index contributed by atoms with van der Waals surface area (Å²) in [6.45, 7) is 2.89. The molecule has 2 aromatic rings. The number of aromatic nitrogens is 1. The third-order valence-electron chi connectivity index (χ3n) is 5.23. The molecule has 3 rings (SSSR count). The van der Waals surface area contributed by atoms with Gasteiger partial charge in [-0.15, -0.1) is 0 Å². The molecule has 0 unspecified atom stereocenters. The van der Waals surface area contributed by atoms with Gasteiger partial charge in [0.1, 0.15) is 17.4 Å². The van der Waals surface area contributed by atoms with Crippen molar-refractivity contribution in [2.45, 2.75) is 32.3 Å². The number of rotatable bonds is 10. The molecule has 8 nitrogen and oxygen atoms in total. The van der Waals surface area contributed by atoms with Crippen molar-refractivity contribution in [3.63, 3.8) is 0 Å². The van der Waals surface area contributed by atoms with Gasteiger partial charge in [-0.25, -0.2) is 22.8 Å². The number of hydrogen-bond donors (Lipinski definition) is 2. The Bertz CT molecular complexity index is 1030. The summed E-state index contributed by atoms with van der Waals surface area (Å²) in [6, 6.07) is 0.0574. The van der Waals surface area contributed by atoms with Crippen LogP contribution in [0.5, 0.6) is 5.88 Å². The lowest BCUT2D eigenvalue weighted by Crippen LogP contribution is -2.30. The molecule has 0 aliphatic carbocycles. The number of amides is 2. The van der Waals surface area contributed by atoms with Gasteiger partial charge in [0.2, 0.25) is 5.88 Å². The fourth-order valence-corrected chi connectivity index (χ4v) is 4.33. The van der Waals surface area contributed by atoms with Crippen LogP contribution in [0, 0.1) is 17.5 Å². The molecule has 186 valence electrons. The normalized spacial score (nSPS) is 13.7. The number of carbonyl (C=O) groups is 2. The van der Waals surface area contributed by atoms with Gasteiger partial charge in [0.05, 0.1) is 17.7 Å². The SMILES string of the molecule is COC(=O)c1c(OCc2c(F)cc(Cl)c(F)c2F)nsc1NC(=O)NCCCCN1CCCC1. The third kappa shape index (κ3) is 6.51. The van der Waals surface area contributed by atoms with E-state index < -0.39 is 46.6 Å². The first kappa shape index (κ1) is 26.0. The van der Waals surface area contributed by atoms with Gasteiger partial charge in [-0.3, -0.25) is 5.32 Å². The Morgan fingerprint density at radius 3 is 2.65 bits per heavy atom. The Hall–Kier alpha value is -2.57. The van der Waals surface area contributed by atoms with Gasteiger partial charge >= 0.3 is 12.0 Å². The van der Waals surface area contributed by atoms with Crippen LogP contribution in [-0.4, -0.2) is 54.6 Å². The van der Waals surface area contributed by atoms with Crippen LogP contribution in [0.15, 0.2) is 6.07 Å². The van der Waals surface area contributed by atoms with Crippen LogP contribution in [0.2, 0.25) is 5.02 Å². The Kier molecular flexibility index (Phi) is 9.36. The first-order valence-corrected chi connectivity index (χ1v) is 11.8. The van der Waals surface area contributed by atoms with Crippen molar-refractivity contribution in [3.8, 4) is 5.88 Å². The summed E-state index contributed by atoms with van der Waals surface area (Å²) in [4.78, 5) is 26.9. The van der Waals surface area contributed by atoms with Crippen LogP contribution >= 0.6 is 23.1 Å². The lowest BCUT2D eigenvalue weighted by Gasteiger charge is -2.14. The van der Waals surface area contributed by atoms with E-state index in [-0.39, 0.29) is 16.4 Å². The van der Waals surface area contributed by atoms with Gasteiger partial charge in [-0.05, 0) is 62.9 Å². The van der Waals surface area contributed by atoms with Crippen LogP contribution in [-0.2, 0) is 11.3 Å². The number of methoxy groups -OCH3 is 1. The van der Waals surface area contributed by atoms with Crippen LogP contribution < -0.4 is 15.4 Å². The molecule has 2 N–H and O–H groups in total. The molecule has 2 amide bonds. The predicted molar refractivity (Wildman–Crippen MR) is 121 cm³/mol. The summed E-state index contributed by atoms with van der Waals surface area (Å²) in [5.74, 6) is -5.27. The van der Waals surface area contributed by atoms with Crippen LogP contribution in [0.3, 0.4) is 0 Å². The monoisotopic (exact) mass is 520 g/mol. The van der Waals surface area contributed by atoms with Gasteiger partial charge in [0.15, 0.2) is 17.2 Å². The van der Waals surface area contributed by atoms with Crippen LogP contribution in [0.4, 0.5) is 23.0 Å². The largest absolute Gasteiger partial charge is 0.471 e. The summed E-state index contributed by atoms with van der Waals surface area (Å²) in [7, 11) is 1.11. The number of nitrogens with zero attached hydrogens (tertiary/aromatic N) is 2. The summed E-state index contributed by atoms with van der Waals surface area (Å²) in [5, 5.41) is 4.52. The average molecular weight is 521 g/mol. The van der Waals surface area contributed by atoms with E-state index in [1.165, 1.54) is 12.8 Å². The van der Waals surface area contributed by atoms with E-state index in [4.69, 9.17) is 21.1 Å². The molecule has 1 aromatic heterocycles. The zero-order valence-corrected chi connectivity index (χ0v) is 20.0. The third-order valence-corrected chi connectivity index (χ3v) is 6.25. The lowest BCUT2D eigenvalue weighted by molar-refractivity contribution is 0.0596. The minimum absolute atomic E-state index is 0.0275. The molecule has 1 aromatic carbocycles. The highest BCUT2D eigenvalue weighted by Gasteiger charge is 2.26. The highest BCUT2D eigenvalue weighted by Crippen LogP contribution is 2.32. The van der Waals surface area contributed by atoms with Gasteiger partial charge in [0.25, 0.3) is 0 Å². The number of likely N-dealkylation sites (tertiary alicyclic amines) is 1. The first-order valence-electron chi connectivity index (χ1n) is 10.6. The number of urea groups is 1. The van der Waals surface area contributed by atoms with Crippen molar-refractivity contribution in [1.29, 1.82) is 0 Å². The van der Waals surface area contributed by atoms with E-state index in [2.05, 4.69) is 19.9 Å². The van der Waals surface area contributed by atoms with Crippen molar-refractivity contribution in [2.75, 3.05) is 38.6 Å². The minimum atomic E-state index is -1.51. The Morgan fingerprint density at radius 2 is 1.94 bits per heavy atom. The number of halogens is 4. The van der Waals surface area contributed by atoms with E-state index >= 15 is 0 Å². The van der Waals surface area contributed by atoms with Crippen LogP contribution in [0.1, 0.15) is 41.6 Å². The van der Waals surface area contributed by atoms with E-state index in [0.29, 0.717) is 12.6 Å². The highest BCUT2D eigenvalue weighted by molar-refractivity contribution is 7.11. The molecule has 34 heavy (non-hydrogen) atoms. The number of unbranched alkanes of at least 4 members (excludes halogenated alkanes) is 1. The van der Waals surface area contributed by atoms with Crippen LogP contribution in [0.25, 0.3) is 0 Å². The molecule has 1 fully saturated rings. The van der Waals surface area contributed by atoms with Crippen molar-refractivity contribution in [2.24, 2.45) is 0 Å². The predicted octanol–water partition coefficient (Wildman–Crippen LogP) is 4.58. The molecular formula is C21H24ClF3N4O4S. The molecular weight excluding hydrogens is 497 g/mol. The number of esters is 1. The van der Waals surface area contributed by atoms with Crippen molar-refractivity contribution in [3.05, 3.63) is 39.7 Å². The second-order valence-electron chi connectivity index (χ2n) is 7.56. The molecule has 1 aliphatic heterocycles. The van der Waals surface area contributed by atoms with Gasteiger partial charge < -0.3 is 19.7 Å². The maximum absolute atomic E-state index is 14.0. The van der Waals surface area contributed by atoms with E-state index in [9.17, 15) is 22.8 Å². The minimum Gasteiger partial charge on any atom is -0.471 e. The molecule has 1 aliphatic rings. The Morgan fingerprint density at radius 1 is 1.21 bits per heavy atom. The number of ether oxygens (including phenoxy) is 2. The smallest absolute Gasteiger partial charge is 0.346 e. The lowest BCUT2D eigenvalue weighted by atomic mass is 10.2. The van der Waals surface area contributed by atoms with Gasteiger partial charge in [0, 0.05) is 6.54 Å². The zero-order chi connectivity index (χ0) is 24.7. The maximum Gasteiger partial charge on any atom is 0.346 e. The van der Waals surface area contributed by atoms with Gasteiger partial charge in [-0.2, -0.15) is 4.37 Å². The zero-order valence-electron chi connectivity index (χ0n) is 18.4. The fourth-order valence-electron chi connectivity index (χ4n) is 3.43. The highest BCUT2D eigenvalue weighted by atomic mass is 35.5. The molecule has 0 bridgehead atoms. The molecule has 0 saturated carbocycles. The topological polar surface area (TPSA) is 92.8 Å². The summed E-state index contributed by atoms with van der Waals surface area (Å²) >= 11 is 6.13. The number of benzene rings is 1. The number of carbonyl (C=O) groups excluding carboxylic acids is 2. The molecule has 13 heteroatoms. The van der Waals surface area contributed by atoms with Crippen molar-refractivity contribution in [1.82, 2.24) is 14.6 Å². The average Bonchev–Trinajstić information content (AvgIpc) is 3.47. The van der Waals surface area contributed by atoms with Crippen molar-refractivity contribution >= 4 is 40.1 Å². The number of nitrogens with one attached hydrogen (secondary N) is 2. The second-order valence-corrected chi connectivity index (χ2v) is 8.74. The number of anilines is 1. The molecule has 0 atom stereocenters. The van der Waals surface area contributed by atoms with E-state index in [0.717, 1.165) is 51.1 Å². The molecule has 1 saturated heterocycles. The standard InChI is InChI=1S/C21H24ClF3N4O4S/c1-32-20(30)15-18(33-11-12-14(23)10-13(22)17(25)16(12)24)28-34-19(15)27-21(31)26-6-2-3-7-29-8-4-5-9-29/h10H,2-9,11H2,1H3,(H2,26,27,31). The molecule has 0 spiro atoms.